The molecule has 0 bridgehead atoms. The molecule has 1 atom stereocenters. The minimum Gasteiger partial charge on any atom is -0.385 e. The van der Waals surface area contributed by atoms with Crippen LogP contribution in [0, 0.1) is 11.8 Å². The molecule has 0 heterocycles. The molecule has 0 fully saturated rings. The standard InChI is InChI=1S/C15H24ClN3O/c1-10(2)11(8-17)9-18-12-5-6-14(16)13(7-12)15(20)19(3)4/h5-7,10-11,18H,8-9,17H2,1-4H3. The van der Waals surface area contributed by atoms with Crippen LogP contribution in [-0.4, -0.2) is 38.0 Å². The van der Waals surface area contributed by atoms with Crippen molar-refractivity contribution in [1.29, 1.82) is 0 Å². The third kappa shape index (κ3) is 4.39. The van der Waals surface area contributed by atoms with E-state index in [0.717, 1.165) is 12.2 Å². The van der Waals surface area contributed by atoms with Gasteiger partial charge < -0.3 is 16.0 Å². The Morgan fingerprint density at radius 1 is 1.40 bits per heavy atom. The first kappa shape index (κ1) is 16.8. The van der Waals surface area contributed by atoms with Crippen LogP contribution in [-0.2, 0) is 0 Å². The van der Waals surface area contributed by atoms with Crippen LogP contribution in [0.4, 0.5) is 5.69 Å². The summed E-state index contributed by atoms with van der Waals surface area (Å²) < 4.78 is 0. The number of anilines is 1. The lowest BCUT2D eigenvalue weighted by Gasteiger charge is -2.20. The van der Waals surface area contributed by atoms with Crippen molar-refractivity contribution in [2.24, 2.45) is 17.6 Å². The van der Waals surface area contributed by atoms with Crippen LogP contribution >= 0.6 is 11.6 Å². The molecular formula is C15H24ClN3O. The maximum Gasteiger partial charge on any atom is 0.254 e. The molecule has 0 aliphatic rings. The molecule has 0 saturated carbocycles. The Kier molecular flexibility index (Phi) is 6.30. The number of nitrogens with zero attached hydrogens (tertiary/aromatic N) is 1. The molecule has 1 amide bonds. The van der Waals surface area contributed by atoms with Crippen LogP contribution in [0.3, 0.4) is 0 Å². The summed E-state index contributed by atoms with van der Waals surface area (Å²) in [4.78, 5) is 13.5. The van der Waals surface area contributed by atoms with E-state index >= 15 is 0 Å². The number of hydrogen-bond donors (Lipinski definition) is 2. The minimum absolute atomic E-state index is 0.0992. The van der Waals surface area contributed by atoms with Gasteiger partial charge in [0.25, 0.3) is 5.91 Å². The molecule has 3 N–H and O–H groups in total. The highest BCUT2D eigenvalue weighted by Gasteiger charge is 2.14. The van der Waals surface area contributed by atoms with Gasteiger partial charge in [-0.3, -0.25) is 4.79 Å². The highest BCUT2D eigenvalue weighted by atomic mass is 35.5. The van der Waals surface area contributed by atoms with E-state index in [9.17, 15) is 4.79 Å². The molecule has 1 aromatic carbocycles. The molecule has 0 radical (unpaired) electrons. The van der Waals surface area contributed by atoms with Crippen molar-refractivity contribution in [3.05, 3.63) is 28.8 Å². The van der Waals surface area contributed by atoms with Gasteiger partial charge in [-0.25, -0.2) is 0 Å². The molecule has 4 nitrogen and oxygen atoms in total. The van der Waals surface area contributed by atoms with E-state index in [-0.39, 0.29) is 5.91 Å². The highest BCUT2D eigenvalue weighted by molar-refractivity contribution is 6.34. The number of carbonyl (C=O) groups is 1. The lowest BCUT2D eigenvalue weighted by Crippen LogP contribution is -2.27. The molecule has 20 heavy (non-hydrogen) atoms. The second-order valence-electron chi connectivity index (χ2n) is 5.51. The van der Waals surface area contributed by atoms with Crippen molar-refractivity contribution < 1.29 is 4.79 Å². The maximum absolute atomic E-state index is 12.0. The van der Waals surface area contributed by atoms with Gasteiger partial charge in [0, 0.05) is 26.3 Å². The number of rotatable bonds is 6. The highest BCUT2D eigenvalue weighted by Crippen LogP contribution is 2.22. The quantitative estimate of drug-likeness (QED) is 0.849. The predicted octanol–water partition coefficient (Wildman–Crippen LogP) is 2.68. The molecule has 0 aliphatic heterocycles. The Morgan fingerprint density at radius 3 is 2.55 bits per heavy atom. The van der Waals surface area contributed by atoms with E-state index in [1.54, 1.807) is 26.2 Å². The van der Waals surface area contributed by atoms with Gasteiger partial charge in [0.05, 0.1) is 10.6 Å². The largest absolute Gasteiger partial charge is 0.385 e. The van der Waals surface area contributed by atoms with Crippen LogP contribution in [0.15, 0.2) is 18.2 Å². The number of amides is 1. The zero-order chi connectivity index (χ0) is 15.3. The predicted molar refractivity (Wildman–Crippen MR) is 85.3 cm³/mol. The van der Waals surface area contributed by atoms with Crippen molar-refractivity contribution >= 4 is 23.2 Å². The molecule has 0 saturated heterocycles. The fourth-order valence-electron chi connectivity index (χ4n) is 1.88. The van der Waals surface area contributed by atoms with E-state index in [2.05, 4.69) is 19.2 Å². The first-order valence-corrected chi connectivity index (χ1v) is 7.19. The summed E-state index contributed by atoms with van der Waals surface area (Å²) in [6.07, 6.45) is 0. The summed E-state index contributed by atoms with van der Waals surface area (Å²) in [5.74, 6) is 0.819. The monoisotopic (exact) mass is 297 g/mol. The van der Waals surface area contributed by atoms with E-state index in [1.807, 2.05) is 6.07 Å². The van der Waals surface area contributed by atoms with Crippen molar-refractivity contribution in [2.75, 3.05) is 32.5 Å². The zero-order valence-corrected chi connectivity index (χ0v) is 13.4. The Morgan fingerprint density at radius 2 is 2.05 bits per heavy atom. The van der Waals surface area contributed by atoms with E-state index in [4.69, 9.17) is 17.3 Å². The molecule has 0 aromatic heterocycles. The van der Waals surface area contributed by atoms with Crippen LogP contribution in [0.2, 0.25) is 5.02 Å². The van der Waals surface area contributed by atoms with E-state index in [1.165, 1.54) is 4.90 Å². The molecule has 0 spiro atoms. The van der Waals surface area contributed by atoms with Gasteiger partial charge in [-0.1, -0.05) is 25.4 Å². The lowest BCUT2D eigenvalue weighted by atomic mass is 9.96. The number of hydrogen-bond acceptors (Lipinski definition) is 3. The van der Waals surface area contributed by atoms with Gasteiger partial charge in [-0.05, 0) is 36.6 Å². The number of halogens is 1. The maximum atomic E-state index is 12.0. The third-order valence-electron chi connectivity index (χ3n) is 3.42. The first-order valence-electron chi connectivity index (χ1n) is 6.82. The first-order chi connectivity index (χ1) is 9.36. The summed E-state index contributed by atoms with van der Waals surface area (Å²) in [5.41, 5.74) is 7.16. The third-order valence-corrected chi connectivity index (χ3v) is 3.75. The van der Waals surface area contributed by atoms with Gasteiger partial charge in [0.2, 0.25) is 0 Å². The summed E-state index contributed by atoms with van der Waals surface area (Å²) in [7, 11) is 3.42. The Hall–Kier alpha value is -1.26. The number of nitrogens with one attached hydrogen (secondary N) is 1. The van der Waals surface area contributed by atoms with Crippen LogP contribution < -0.4 is 11.1 Å². The zero-order valence-electron chi connectivity index (χ0n) is 12.6. The minimum atomic E-state index is -0.0992. The molecule has 5 heteroatoms. The molecule has 1 rings (SSSR count). The SMILES string of the molecule is CC(C)C(CN)CNc1ccc(Cl)c(C(=O)N(C)C)c1. The van der Waals surface area contributed by atoms with Gasteiger partial charge in [-0.2, -0.15) is 0 Å². The number of benzene rings is 1. The van der Waals surface area contributed by atoms with Gasteiger partial charge >= 0.3 is 0 Å². The Balaban J connectivity index is 2.83. The average molecular weight is 298 g/mol. The number of carbonyl (C=O) groups excluding carboxylic acids is 1. The van der Waals surface area contributed by atoms with Crippen LogP contribution in [0.5, 0.6) is 0 Å². The second-order valence-corrected chi connectivity index (χ2v) is 5.92. The molecule has 1 unspecified atom stereocenters. The summed E-state index contributed by atoms with van der Waals surface area (Å²) in [6, 6.07) is 5.41. The summed E-state index contributed by atoms with van der Waals surface area (Å²) in [6.45, 7) is 5.73. The Bertz CT molecular complexity index is 460. The number of nitrogens with two attached hydrogens (primary N) is 1. The van der Waals surface area contributed by atoms with Crippen LogP contribution in [0.25, 0.3) is 0 Å². The van der Waals surface area contributed by atoms with Crippen molar-refractivity contribution in [1.82, 2.24) is 4.90 Å². The fraction of sp³-hybridized carbons (Fsp3) is 0.533. The van der Waals surface area contributed by atoms with E-state index in [0.29, 0.717) is 29.0 Å². The summed E-state index contributed by atoms with van der Waals surface area (Å²) in [5, 5.41) is 3.80. The van der Waals surface area contributed by atoms with Crippen molar-refractivity contribution in [3.8, 4) is 0 Å². The van der Waals surface area contributed by atoms with Gasteiger partial charge in [-0.15, -0.1) is 0 Å². The van der Waals surface area contributed by atoms with Crippen molar-refractivity contribution in [3.63, 3.8) is 0 Å². The molecule has 1 aromatic rings. The summed E-state index contributed by atoms with van der Waals surface area (Å²) >= 11 is 6.08. The van der Waals surface area contributed by atoms with Crippen molar-refractivity contribution in [2.45, 2.75) is 13.8 Å². The van der Waals surface area contributed by atoms with Crippen LogP contribution in [0.1, 0.15) is 24.2 Å². The molecule has 112 valence electrons. The smallest absolute Gasteiger partial charge is 0.254 e. The average Bonchev–Trinajstić information content (AvgIpc) is 2.39. The lowest BCUT2D eigenvalue weighted by molar-refractivity contribution is 0.0828. The Labute approximate surface area is 126 Å². The molecular weight excluding hydrogens is 274 g/mol. The fourth-order valence-corrected chi connectivity index (χ4v) is 2.08. The van der Waals surface area contributed by atoms with E-state index < -0.39 is 0 Å². The van der Waals surface area contributed by atoms with Gasteiger partial charge in [0.15, 0.2) is 0 Å². The normalized spacial score (nSPS) is 12.3. The molecule has 0 aliphatic carbocycles. The van der Waals surface area contributed by atoms with Gasteiger partial charge in [0.1, 0.15) is 0 Å². The second kappa shape index (κ2) is 7.50. The topological polar surface area (TPSA) is 58.4 Å².